The molecule has 0 aromatic rings. The molecule has 0 spiro atoms. The summed E-state index contributed by atoms with van der Waals surface area (Å²) < 4.78 is 5.40. The van der Waals surface area contributed by atoms with Gasteiger partial charge in [0, 0.05) is 13.3 Å². The van der Waals surface area contributed by atoms with Gasteiger partial charge in [0.15, 0.2) is 0 Å². The number of allylic oxidation sites excluding steroid dienone is 2. The Morgan fingerprint density at radius 1 is 1.15 bits per heavy atom. The Labute approximate surface area is 164 Å². The average Bonchev–Trinajstić information content (AvgIpc) is 2.50. The predicted octanol–water partition coefficient (Wildman–Crippen LogP) is 3.83. The molecule has 0 aliphatic carbocycles. The molecule has 0 aliphatic heterocycles. The highest BCUT2D eigenvalue weighted by molar-refractivity contribution is 5.66. The molecule has 0 saturated heterocycles. The van der Waals surface area contributed by atoms with E-state index in [9.17, 15) is 20.1 Å². The number of hydrogen-bond donors (Lipinski definition) is 3. The van der Waals surface area contributed by atoms with E-state index in [4.69, 9.17) is 4.74 Å². The van der Waals surface area contributed by atoms with Gasteiger partial charge in [-0.15, -0.1) is 6.58 Å². The maximum Gasteiger partial charge on any atom is 0.303 e. The summed E-state index contributed by atoms with van der Waals surface area (Å²) >= 11 is 0. The van der Waals surface area contributed by atoms with E-state index in [1.807, 2.05) is 26.0 Å². The molecule has 0 amide bonds. The van der Waals surface area contributed by atoms with Crippen molar-refractivity contribution in [3.63, 3.8) is 0 Å². The normalized spacial score (nSPS) is 17.8. The zero-order valence-corrected chi connectivity index (χ0v) is 17.8. The van der Waals surface area contributed by atoms with Gasteiger partial charge in [0.2, 0.25) is 0 Å². The van der Waals surface area contributed by atoms with Gasteiger partial charge in [-0.1, -0.05) is 23.3 Å². The van der Waals surface area contributed by atoms with Gasteiger partial charge in [-0.3, -0.25) is 4.79 Å². The van der Waals surface area contributed by atoms with Gasteiger partial charge in [0.25, 0.3) is 0 Å². The lowest BCUT2D eigenvalue weighted by Gasteiger charge is -2.24. The van der Waals surface area contributed by atoms with Gasteiger partial charge in [-0.2, -0.15) is 0 Å². The van der Waals surface area contributed by atoms with Crippen LogP contribution in [0.3, 0.4) is 0 Å². The van der Waals surface area contributed by atoms with Crippen LogP contribution in [0.4, 0.5) is 0 Å². The number of aliphatic hydroxyl groups is 3. The molecular formula is C22H38O5. The molecule has 156 valence electrons. The molecular weight excluding hydrogens is 344 g/mol. The first kappa shape index (κ1) is 25.6. The molecule has 0 saturated carbocycles. The van der Waals surface area contributed by atoms with Crippen molar-refractivity contribution in [3.8, 4) is 0 Å². The summed E-state index contributed by atoms with van der Waals surface area (Å²) in [6.07, 6.45) is 7.18. The van der Waals surface area contributed by atoms with E-state index in [-0.39, 0.29) is 12.1 Å². The molecule has 0 fully saturated rings. The van der Waals surface area contributed by atoms with Crippen molar-refractivity contribution in [2.24, 2.45) is 0 Å². The van der Waals surface area contributed by atoms with Crippen molar-refractivity contribution < 1.29 is 24.9 Å². The third kappa shape index (κ3) is 12.6. The minimum absolute atomic E-state index is 0.344. The van der Waals surface area contributed by atoms with E-state index in [0.29, 0.717) is 32.1 Å². The predicted molar refractivity (Wildman–Crippen MR) is 109 cm³/mol. The van der Waals surface area contributed by atoms with Crippen LogP contribution in [0.1, 0.15) is 73.6 Å². The van der Waals surface area contributed by atoms with Crippen LogP contribution < -0.4 is 0 Å². The van der Waals surface area contributed by atoms with Crippen molar-refractivity contribution in [2.45, 2.75) is 97.1 Å². The second kappa shape index (κ2) is 11.4. The monoisotopic (exact) mass is 382 g/mol. The standard InChI is InChI=1S/C22H38O5/c1-8-22(7,26)13-9-10-16(2)14-19(27-18(4)23)15-17(3)11-12-20(24)21(5,6)25/h8,10,15,19-20,24-26H,1,9,11-14H2,2-7H3/b16-10+,17-15+/t19-,20-,22+/m1/s1. The zero-order chi connectivity index (χ0) is 21.3. The van der Waals surface area contributed by atoms with Crippen LogP contribution >= 0.6 is 0 Å². The van der Waals surface area contributed by atoms with E-state index < -0.39 is 17.3 Å². The minimum atomic E-state index is -1.14. The van der Waals surface area contributed by atoms with Crippen molar-refractivity contribution in [2.75, 3.05) is 0 Å². The first-order valence-electron chi connectivity index (χ1n) is 9.53. The first-order chi connectivity index (χ1) is 12.3. The summed E-state index contributed by atoms with van der Waals surface area (Å²) in [5.74, 6) is -0.344. The summed E-state index contributed by atoms with van der Waals surface area (Å²) in [4.78, 5) is 11.4. The fraction of sp³-hybridized carbons (Fsp3) is 0.682. The van der Waals surface area contributed by atoms with Gasteiger partial charge in [-0.25, -0.2) is 0 Å². The summed E-state index contributed by atoms with van der Waals surface area (Å²) in [5.41, 5.74) is 0.0411. The number of hydrogen-bond acceptors (Lipinski definition) is 5. The number of carbonyl (C=O) groups is 1. The molecule has 0 aromatic carbocycles. The number of aliphatic hydroxyl groups excluding tert-OH is 1. The zero-order valence-electron chi connectivity index (χ0n) is 17.8. The molecule has 0 heterocycles. The third-order valence-corrected chi connectivity index (χ3v) is 4.52. The number of ether oxygens (including phenoxy) is 1. The lowest BCUT2D eigenvalue weighted by atomic mass is 9.95. The molecule has 5 nitrogen and oxygen atoms in total. The summed E-state index contributed by atoms with van der Waals surface area (Å²) in [5, 5.41) is 29.7. The van der Waals surface area contributed by atoms with Gasteiger partial charge in [0.05, 0.1) is 17.3 Å². The maximum absolute atomic E-state index is 11.4. The van der Waals surface area contributed by atoms with Gasteiger partial charge in [-0.05, 0) is 66.4 Å². The van der Waals surface area contributed by atoms with Crippen LogP contribution in [0.2, 0.25) is 0 Å². The second-order valence-electron chi connectivity index (χ2n) is 8.22. The fourth-order valence-electron chi connectivity index (χ4n) is 2.58. The van der Waals surface area contributed by atoms with Crippen LogP contribution in [0.15, 0.2) is 36.0 Å². The van der Waals surface area contributed by atoms with E-state index in [1.54, 1.807) is 20.8 Å². The molecule has 0 aromatic heterocycles. The van der Waals surface area contributed by atoms with Crippen LogP contribution in [0.5, 0.6) is 0 Å². The summed E-state index contributed by atoms with van der Waals surface area (Å²) in [7, 11) is 0. The van der Waals surface area contributed by atoms with E-state index >= 15 is 0 Å². The maximum atomic E-state index is 11.4. The summed E-state index contributed by atoms with van der Waals surface area (Å²) in [6, 6.07) is 0. The average molecular weight is 383 g/mol. The van der Waals surface area contributed by atoms with Crippen LogP contribution in [0.25, 0.3) is 0 Å². The molecule has 0 bridgehead atoms. The largest absolute Gasteiger partial charge is 0.458 e. The van der Waals surface area contributed by atoms with Crippen molar-refractivity contribution in [1.29, 1.82) is 0 Å². The van der Waals surface area contributed by atoms with Crippen LogP contribution in [-0.4, -0.2) is 44.7 Å². The van der Waals surface area contributed by atoms with Gasteiger partial charge in [0.1, 0.15) is 6.10 Å². The Balaban J connectivity index is 4.86. The SMILES string of the molecule is C=C[C@](C)(O)CC/C=C(\C)C[C@H](/C=C(\C)CC[C@@H](O)C(C)(C)O)OC(C)=O. The van der Waals surface area contributed by atoms with E-state index in [0.717, 1.165) is 11.1 Å². The highest BCUT2D eigenvalue weighted by atomic mass is 16.5. The Hall–Kier alpha value is -1.43. The van der Waals surface area contributed by atoms with Crippen LogP contribution in [-0.2, 0) is 9.53 Å². The lowest BCUT2D eigenvalue weighted by Crippen LogP contribution is -2.35. The Bertz CT molecular complexity index is 537. The molecule has 5 heteroatoms. The summed E-state index contributed by atoms with van der Waals surface area (Å²) in [6.45, 7) is 13.8. The van der Waals surface area contributed by atoms with Crippen molar-refractivity contribution >= 4 is 5.97 Å². The number of carbonyl (C=O) groups excluding carboxylic acids is 1. The lowest BCUT2D eigenvalue weighted by molar-refractivity contribution is -0.144. The third-order valence-electron chi connectivity index (χ3n) is 4.52. The van der Waals surface area contributed by atoms with Crippen molar-refractivity contribution in [3.05, 3.63) is 36.0 Å². The molecule has 0 radical (unpaired) electrons. The number of rotatable bonds is 12. The molecule has 0 rings (SSSR count). The van der Waals surface area contributed by atoms with Crippen LogP contribution in [0, 0.1) is 0 Å². The van der Waals surface area contributed by atoms with E-state index in [1.165, 1.54) is 13.0 Å². The second-order valence-corrected chi connectivity index (χ2v) is 8.22. The quantitative estimate of drug-likeness (QED) is 0.353. The highest BCUT2D eigenvalue weighted by Gasteiger charge is 2.24. The Morgan fingerprint density at radius 3 is 2.22 bits per heavy atom. The highest BCUT2D eigenvalue weighted by Crippen LogP contribution is 2.20. The Kier molecular flexibility index (Phi) is 10.8. The molecule has 0 unspecified atom stereocenters. The smallest absolute Gasteiger partial charge is 0.303 e. The topological polar surface area (TPSA) is 87.0 Å². The first-order valence-corrected chi connectivity index (χ1v) is 9.53. The molecule has 3 atom stereocenters. The molecule has 27 heavy (non-hydrogen) atoms. The van der Waals surface area contributed by atoms with Crippen molar-refractivity contribution in [1.82, 2.24) is 0 Å². The van der Waals surface area contributed by atoms with Gasteiger partial charge < -0.3 is 20.1 Å². The van der Waals surface area contributed by atoms with E-state index in [2.05, 4.69) is 6.58 Å². The minimum Gasteiger partial charge on any atom is -0.458 e. The Morgan fingerprint density at radius 2 is 1.74 bits per heavy atom. The molecule has 0 aliphatic rings. The molecule has 3 N–H and O–H groups in total. The number of esters is 1. The fourth-order valence-corrected chi connectivity index (χ4v) is 2.58. The van der Waals surface area contributed by atoms with Gasteiger partial charge >= 0.3 is 5.97 Å².